The van der Waals surface area contributed by atoms with Crippen LogP contribution in [0.1, 0.15) is 29.8 Å². The van der Waals surface area contributed by atoms with Crippen molar-refractivity contribution in [3.8, 4) is 0 Å². The van der Waals surface area contributed by atoms with Crippen molar-refractivity contribution in [1.82, 2.24) is 10.3 Å². The van der Waals surface area contributed by atoms with Gasteiger partial charge in [0, 0.05) is 11.3 Å². The lowest BCUT2D eigenvalue weighted by molar-refractivity contribution is 0.451. The van der Waals surface area contributed by atoms with E-state index in [2.05, 4.69) is 48.4 Å². The molecule has 2 rings (SSSR count). The SMILES string of the molecule is CNC(c1ccc(C)cc1)C(C)Sc1nc(C)co1. The number of aromatic nitrogens is 1. The van der Waals surface area contributed by atoms with Gasteiger partial charge in [-0.15, -0.1) is 0 Å². The maximum Gasteiger partial charge on any atom is 0.256 e. The maximum atomic E-state index is 5.41. The highest BCUT2D eigenvalue weighted by molar-refractivity contribution is 7.99. The van der Waals surface area contributed by atoms with E-state index < -0.39 is 0 Å². The van der Waals surface area contributed by atoms with Gasteiger partial charge in [0.1, 0.15) is 6.26 Å². The van der Waals surface area contributed by atoms with Gasteiger partial charge in [0.05, 0.1) is 5.69 Å². The highest BCUT2D eigenvalue weighted by Crippen LogP contribution is 2.31. The molecule has 0 amide bonds. The van der Waals surface area contributed by atoms with E-state index >= 15 is 0 Å². The van der Waals surface area contributed by atoms with Crippen LogP contribution in [-0.4, -0.2) is 17.3 Å². The molecule has 4 heteroatoms. The van der Waals surface area contributed by atoms with Gasteiger partial charge in [0.25, 0.3) is 5.22 Å². The molecule has 1 aromatic carbocycles. The molecule has 0 aliphatic carbocycles. The molecular formula is C15H20N2OS. The second kappa shape index (κ2) is 6.26. The lowest BCUT2D eigenvalue weighted by atomic mass is 10.0. The van der Waals surface area contributed by atoms with Crippen LogP contribution < -0.4 is 5.32 Å². The number of aryl methyl sites for hydroxylation is 2. The Morgan fingerprint density at radius 3 is 2.42 bits per heavy atom. The Hall–Kier alpha value is -1.26. The lowest BCUT2D eigenvalue weighted by Gasteiger charge is -2.22. The summed E-state index contributed by atoms with van der Waals surface area (Å²) in [5.41, 5.74) is 3.49. The molecule has 1 heterocycles. The van der Waals surface area contributed by atoms with E-state index in [4.69, 9.17) is 4.42 Å². The molecule has 0 bridgehead atoms. The minimum Gasteiger partial charge on any atom is -0.440 e. The summed E-state index contributed by atoms with van der Waals surface area (Å²) in [6.07, 6.45) is 1.69. The molecule has 3 nitrogen and oxygen atoms in total. The van der Waals surface area contributed by atoms with Crippen LogP contribution in [0, 0.1) is 13.8 Å². The number of rotatable bonds is 5. The van der Waals surface area contributed by atoms with E-state index in [0.29, 0.717) is 5.25 Å². The van der Waals surface area contributed by atoms with Gasteiger partial charge >= 0.3 is 0 Å². The minimum absolute atomic E-state index is 0.276. The highest BCUT2D eigenvalue weighted by atomic mass is 32.2. The maximum absolute atomic E-state index is 5.41. The monoisotopic (exact) mass is 276 g/mol. The van der Waals surface area contributed by atoms with Gasteiger partial charge in [0.15, 0.2) is 0 Å². The summed E-state index contributed by atoms with van der Waals surface area (Å²) < 4.78 is 5.41. The Bertz CT molecular complexity index is 521. The van der Waals surface area contributed by atoms with Gasteiger partial charge in [-0.3, -0.25) is 0 Å². The summed E-state index contributed by atoms with van der Waals surface area (Å²) in [7, 11) is 1.99. The first-order valence-electron chi connectivity index (χ1n) is 6.42. The highest BCUT2D eigenvalue weighted by Gasteiger charge is 2.20. The molecule has 2 unspecified atom stereocenters. The first-order chi connectivity index (χ1) is 9.10. The molecule has 0 saturated carbocycles. The van der Waals surface area contributed by atoms with Crippen LogP contribution in [0.4, 0.5) is 0 Å². The largest absolute Gasteiger partial charge is 0.440 e. The fourth-order valence-electron chi connectivity index (χ4n) is 2.06. The summed E-state index contributed by atoms with van der Waals surface area (Å²) in [6.45, 7) is 6.23. The van der Waals surface area contributed by atoms with Crippen molar-refractivity contribution >= 4 is 11.8 Å². The summed E-state index contributed by atoms with van der Waals surface area (Å²) >= 11 is 1.66. The van der Waals surface area contributed by atoms with Gasteiger partial charge in [0.2, 0.25) is 0 Å². The van der Waals surface area contributed by atoms with Gasteiger partial charge in [-0.05, 0) is 26.5 Å². The molecule has 2 atom stereocenters. The van der Waals surface area contributed by atoms with E-state index in [0.717, 1.165) is 10.9 Å². The number of hydrogen-bond acceptors (Lipinski definition) is 4. The average Bonchev–Trinajstić information content (AvgIpc) is 2.78. The predicted molar refractivity (Wildman–Crippen MR) is 79.5 cm³/mol. The van der Waals surface area contributed by atoms with E-state index in [9.17, 15) is 0 Å². The molecule has 1 N–H and O–H groups in total. The van der Waals surface area contributed by atoms with Crippen molar-refractivity contribution in [3.63, 3.8) is 0 Å². The fraction of sp³-hybridized carbons (Fsp3) is 0.400. The molecule has 0 spiro atoms. The van der Waals surface area contributed by atoms with Gasteiger partial charge in [-0.25, -0.2) is 4.98 Å². The van der Waals surface area contributed by atoms with E-state index in [1.54, 1.807) is 18.0 Å². The van der Waals surface area contributed by atoms with Crippen molar-refractivity contribution < 1.29 is 4.42 Å². The number of nitrogens with zero attached hydrogens (tertiary/aromatic N) is 1. The van der Waals surface area contributed by atoms with Gasteiger partial charge in [-0.1, -0.05) is 48.5 Å². The van der Waals surface area contributed by atoms with Crippen molar-refractivity contribution in [2.75, 3.05) is 7.05 Å². The van der Waals surface area contributed by atoms with Crippen LogP contribution in [0.5, 0.6) is 0 Å². The summed E-state index contributed by atoms with van der Waals surface area (Å²) in [5, 5.41) is 4.45. The molecule has 102 valence electrons. The Balaban J connectivity index is 2.10. The molecule has 1 aromatic heterocycles. The first kappa shape index (κ1) is 14.2. The van der Waals surface area contributed by atoms with Gasteiger partial charge < -0.3 is 9.73 Å². The second-order valence-electron chi connectivity index (χ2n) is 4.75. The third-order valence-electron chi connectivity index (χ3n) is 3.10. The Morgan fingerprint density at radius 1 is 1.21 bits per heavy atom. The van der Waals surface area contributed by atoms with Crippen LogP contribution >= 0.6 is 11.8 Å². The second-order valence-corrected chi connectivity index (χ2v) is 6.08. The van der Waals surface area contributed by atoms with Gasteiger partial charge in [-0.2, -0.15) is 0 Å². The number of oxazole rings is 1. The quantitative estimate of drug-likeness (QED) is 0.844. The molecule has 0 aliphatic rings. The lowest BCUT2D eigenvalue weighted by Crippen LogP contribution is -2.25. The van der Waals surface area contributed by atoms with Crippen molar-refractivity contribution in [2.45, 2.75) is 37.3 Å². The molecule has 19 heavy (non-hydrogen) atoms. The summed E-state index contributed by atoms with van der Waals surface area (Å²) in [4.78, 5) is 4.34. The van der Waals surface area contributed by atoms with Crippen LogP contribution in [0.3, 0.4) is 0 Å². The van der Waals surface area contributed by atoms with Crippen LogP contribution in [0.15, 0.2) is 40.2 Å². The Morgan fingerprint density at radius 2 is 1.89 bits per heavy atom. The number of benzene rings is 1. The van der Waals surface area contributed by atoms with E-state index in [1.165, 1.54) is 11.1 Å². The minimum atomic E-state index is 0.276. The third-order valence-corrected chi connectivity index (χ3v) is 4.13. The van der Waals surface area contributed by atoms with Crippen molar-refractivity contribution in [1.29, 1.82) is 0 Å². The Labute approximate surface area is 118 Å². The zero-order chi connectivity index (χ0) is 13.8. The average molecular weight is 276 g/mol. The number of nitrogens with one attached hydrogen (secondary N) is 1. The van der Waals surface area contributed by atoms with Crippen LogP contribution in [0.2, 0.25) is 0 Å². The van der Waals surface area contributed by atoms with Crippen molar-refractivity contribution in [3.05, 3.63) is 47.3 Å². The number of hydrogen-bond donors (Lipinski definition) is 1. The summed E-state index contributed by atoms with van der Waals surface area (Å²) in [5.74, 6) is 0. The smallest absolute Gasteiger partial charge is 0.256 e. The molecule has 0 saturated heterocycles. The molecule has 0 fully saturated rings. The van der Waals surface area contributed by atoms with E-state index in [-0.39, 0.29) is 6.04 Å². The summed E-state index contributed by atoms with van der Waals surface area (Å²) in [6, 6.07) is 8.92. The normalized spacial score (nSPS) is 14.3. The first-order valence-corrected chi connectivity index (χ1v) is 7.30. The topological polar surface area (TPSA) is 38.1 Å². The molecule has 0 radical (unpaired) electrons. The zero-order valence-corrected chi connectivity index (χ0v) is 12.6. The molecule has 0 aliphatic heterocycles. The Kier molecular flexibility index (Phi) is 4.66. The van der Waals surface area contributed by atoms with Crippen molar-refractivity contribution in [2.24, 2.45) is 0 Å². The molecular weight excluding hydrogens is 256 g/mol. The third kappa shape index (κ3) is 3.61. The molecule has 2 aromatic rings. The zero-order valence-electron chi connectivity index (χ0n) is 11.8. The van der Waals surface area contributed by atoms with Crippen LogP contribution in [0.25, 0.3) is 0 Å². The van der Waals surface area contributed by atoms with E-state index in [1.807, 2.05) is 14.0 Å². The number of thioether (sulfide) groups is 1. The van der Waals surface area contributed by atoms with Crippen LogP contribution in [-0.2, 0) is 0 Å². The standard InChI is InChI=1S/C15H20N2OS/c1-10-5-7-13(8-6-10)14(16-4)12(3)19-15-17-11(2)9-18-15/h5-9,12,14,16H,1-4H3. The fourth-order valence-corrected chi connectivity index (χ4v) is 3.11. The predicted octanol–water partition coefficient (Wildman–Crippen LogP) is 3.73.